The molecule has 0 fully saturated rings. The lowest BCUT2D eigenvalue weighted by molar-refractivity contribution is -0.119. The van der Waals surface area contributed by atoms with E-state index in [9.17, 15) is 4.79 Å². The van der Waals surface area contributed by atoms with Crippen molar-refractivity contribution in [1.82, 2.24) is 20.1 Å². The minimum Gasteiger partial charge on any atom is -0.497 e. The highest BCUT2D eigenvalue weighted by Gasteiger charge is 2.23. The number of aromatic nitrogens is 3. The zero-order valence-electron chi connectivity index (χ0n) is 15.0. The highest BCUT2D eigenvalue weighted by atomic mass is 32.2. The van der Waals surface area contributed by atoms with Gasteiger partial charge in [0.2, 0.25) is 5.91 Å². The third-order valence-corrected chi connectivity index (χ3v) is 5.61. The third-order valence-electron chi connectivity index (χ3n) is 4.67. The molecule has 3 aromatic rings. The van der Waals surface area contributed by atoms with Crippen LogP contribution in [0.2, 0.25) is 0 Å². The predicted molar refractivity (Wildman–Crippen MR) is 104 cm³/mol. The van der Waals surface area contributed by atoms with Crippen LogP contribution >= 0.6 is 11.8 Å². The van der Waals surface area contributed by atoms with Gasteiger partial charge in [-0.3, -0.25) is 9.36 Å². The van der Waals surface area contributed by atoms with E-state index in [1.807, 2.05) is 41.0 Å². The normalized spacial score (nSPS) is 15.4. The van der Waals surface area contributed by atoms with Crippen LogP contribution in [0.3, 0.4) is 0 Å². The molecular weight excluding hydrogens is 360 g/mol. The molecule has 4 rings (SSSR count). The number of methoxy groups -OCH3 is 1. The van der Waals surface area contributed by atoms with Gasteiger partial charge in [-0.2, -0.15) is 0 Å². The number of aryl methyl sites for hydroxylation is 1. The molecule has 27 heavy (non-hydrogen) atoms. The molecule has 0 spiro atoms. The number of nitrogens with one attached hydrogen (secondary N) is 1. The van der Waals surface area contributed by atoms with E-state index in [2.05, 4.69) is 27.6 Å². The van der Waals surface area contributed by atoms with Crippen LogP contribution in [0.1, 0.15) is 23.6 Å². The van der Waals surface area contributed by atoms with Crippen LogP contribution in [0.4, 0.5) is 0 Å². The highest BCUT2D eigenvalue weighted by Crippen LogP contribution is 2.31. The van der Waals surface area contributed by atoms with Gasteiger partial charge in [0.15, 0.2) is 5.16 Å². The largest absolute Gasteiger partial charge is 0.497 e. The smallest absolute Gasteiger partial charge is 0.230 e. The number of hydrogen-bond acceptors (Lipinski definition) is 5. The minimum absolute atomic E-state index is 0.00554. The number of rotatable bonds is 6. The summed E-state index contributed by atoms with van der Waals surface area (Å²) in [5, 5.41) is 11.9. The standard InChI is InChI=1S/C20H20N4O2S/c1-26-16-9-7-15(8-10-16)24-13-21-23-20(24)27-12-19(25)22-18-11-6-14-4-2-3-5-17(14)18/h2-5,7-10,13,18H,6,11-12H2,1H3,(H,22,25). The topological polar surface area (TPSA) is 69.0 Å². The van der Waals surface area contributed by atoms with Crippen LogP contribution in [-0.4, -0.2) is 33.5 Å². The zero-order valence-corrected chi connectivity index (χ0v) is 15.8. The highest BCUT2D eigenvalue weighted by molar-refractivity contribution is 7.99. The summed E-state index contributed by atoms with van der Waals surface area (Å²) >= 11 is 1.38. The average molecular weight is 380 g/mol. The number of carbonyl (C=O) groups is 1. The van der Waals surface area contributed by atoms with Crippen molar-refractivity contribution in [3.63, 3.8) is 0 Å². The van der Waals surface area contributed by atoms with Crippen molar-refractivity contribution < 1.29 is 9.53 Å². The maximum absolute atomic E-state index is 12.4. The number of fused-ring (bicyclic) bond motifs is 1. The summed E-state index contributed by atoms with van der Waals surface area (Å²) in [6, 6.07) is 16.0. The van der Waals surface area contributed by atoms with Gasteiger partial charge in [0.25, 0.3) is 0 Å². The Kier molecular flexibility index (Phi) is 5.11. The lowest BCUT2D eigenvalue weighted by Crippen LogP contribution is -2.28. The number of hydrogen-bond donors (Lipinski definition) is 1. The Morgan fingerprint density at radius 3 is 2.89 bits per heavy atom. The van der Waals surface area contributed by atoms with Crippen LogP contribution in [-0.2, 0) is 11.2 Å². The van der Waals surface area contributed by atoms with Crippen molar-refractivity contribution in [1.29, 1.82) is 0 Å². The molecule has 1 aromatic heterocycles. The monoisotopic (exact) mass is 380 g/mol. The zero-order chi connectivity index (χ0) is 18.6. The second kappa shape index (κ2) is 7.84. The Morgan fingerprint density at radius 1 is 1.26 bits per heavy atom. The van der Waals surface area contributed by atoms with E-state index >= 15 is 0 Å². The van der Waals surface area contributed by atoms with Gasteiger partial charge >= 0.3 is 0 Å². The molecule has 0 aliphatic heterocycles. The van der Waals surface area contributed by atoms with E-state index in [4.69, 9.17) is 4.74 Å². The summed E-state index contributed by atoms with van der Waals surface area (Å²) in [4.78, 5) is 12.4. The molecule has 1 aliphatic rings. The molecule has 1 heterocycles. The number of ether oxygens (including phenoxy) is 1. The molecule has 6 nitrogen and oxygen atoms in total. The van der Waals surface area contributed by atoms with Crippen molar-refractivity contribution in [2.24, 2.45) is 0 Å². The van der Waals surface area contributed by atoms with Crippen LogP contribution in [0.5, 0.6) is 5.75 Å². The van der Waals surface area contributed by atoms with Gasteiger partial charge in [-0.1, -0.05) is 36.0 Å². The average Bonchev–Trinajstić information content (AvgIpc) is 3.34. The van der Waals surface area contributed by atoms with Crippen LogP contribution in [0, 0.1) is 0 Å². The number of carbonyl (C=O) groups excluding carboxylic acids is 1. The van der Waals surface area contributed by atoms with E-state index in [1.54, 1.807) is 13.4 Å². The molecule has 1 atom stereocenters. The molecule has 1 unspecified atom stereocenters. The Labute approximate surface area is 162 Å². The molecule has 1 aliphatic carbocycles. The van der Waals surface area contributed by atoms with E-state index in [0.717, 1.165) is 24.3 Å². The van der Waals surface area contributed by atoms with Gasteiger partial charge in [-0.05, 0) is 48.2 Å². The van der Waals surface area contributed by atoms with Gasteiger partial charge in [0.05, 0.1) is 18.9 Å². The maximum Gasteiger partial charge on any atom is 0.230 e. The van der Waals surface area contributed by atoms with Crippen molar-refractivity contribution >= 4 is 17.7 Å². The lowest BCUT2D eigenvalue weighted by atomic mass is 10.1. The third kappa shape index (κ3) is 3.83. The van der Waals surface area contributed by atoms with Crippen molar-refractivity contribution in [2.75, 3.05) is 12.9 Å². The first kappa shape index (κ1) is 17.6. The van der Waals surface area contributed by atoms with Crippen LogP contribution in [0.25, 0.3) is 5.69 Å². The van der Waals surface area contributed by atoms with E-state index in [1.165, 1.54) is 22.9 Å². The number of amides is 1. The number of nitrogens with zero attached hydrogens (tertiary/aromatic N) is 3. The molecule has 2 aromatic carbocycles. The first-order valence-electron chi connectivity index (χ1n) is 8.79. The van der Waals surface area contributed by atoms with Crippen molar-refractivity contribution in [3.8, 4) is 11.4 Å². The molecule has 7 heteroatoms. The fourth-order valence-corrected chi connectivity index (χ4v) is 4.06. The lowest BCUT2D eigenvalue weighted by Gasteiger charge is -2.14. The van der Waals surface area contributed by atoms with Crippen molar-refractivity contribution in [3.05, 3.63) is 66.0 Å². The molecule has 0 saturated heterocycles. The van der Waals surface area contributed by atoms with Gasteiger partial charge in [-0.15, -0.1) is 10.2 Å². The van der Waals surface area contributed by atoms with Crippen LogP contribution in [0.15, 0.2) is 60.0 Å². The van der Waals surface area contributed by atoms with Crippen LogP contribution < -0.4 is 10.1 Å². The van der Waals surface area contributed by atoms with E-state index in [0.29, 0.717) is 10.9 Å². The summed E-state index contributed by atoms with van der Waals surface area (Å²) in [5.74, 6) is 1.09. The Morgan fingerprint density at radius 2 is 2.07 bits per heavy atom. The molecule has 0 saturated carbocycles. The van der Waals surface area contributed by atoms with E-state index < -0.39 is 0 Å². The molecular formula is C20H20N4O2S. The number of benzene rings is 2. The SMILES string of the molecule is COc1ccc(-n2cnnc2SCC(=O)NC2CCc3ccccc32)cc1. The summed E-state index contributed by atoms with van der Waals surface area (Å²) in [6.45, 7) is 0. The molecule has 0 bridgehead atoms. The van der Waals surface area contributed by atoms with E-state index in [-0.39, 0.29) is 11.9 Å². The second-order valence-corrected chi connectivity index (χ2v) is 7.27. The van der Waals surface area contributed by atoms with Gasteiger partial charge in [0, 0.05) is 5.69 Å². The summed E-state index contributed by atoms with van der Waals surface area (Å²) in [7, 11) is 1.64. The quantitative estimate of drug-likeness (QED) is 0.665. The second-order valence-electron chi connectivity index (χ2n) is 6.33. The molecule has 1 amide bonds. The Bertz CT molecular complexity index is 939. The first-order chi connectivity index (χ1) is 13.2. The molecule has 1 N–H and O–H groups in total. The Balaban J connectivity index is 1.38. The molecule has 138 valence electrons. The summed E-state index contributed by atoms with van der Waals surface area (Å²) < 4.78 is 7.05. The van der Waals surface area contributed by atoms with Crippen molar-refractivity contribution in [2.45, 2.75) is 24.0 Å². The summed E-state index contributed by atoms with van der Waals surface area (Å²) in [6.07, 6.45) is 3.62. The fourth-order valence-electron chi connectivity index (χ4n) is 3.32. The first-order valence-corrected chi connectivity index (χ1v) is 9.77. The predicted octanol–water partition coefficient (Wildman–Crippen LogP) is 3.17. The van der Waals surface area contributed by atoms with Gasteiger partial charge < -0.3 is 10.1 Å². The fraction of sp³-hybridized carbons (Fsp3) is 0.250. The summed E-state index contributed by atoms with van der Waals surface area (Å²) in [5.41, 5.74) is 3.49. The van der Waals surface area contributed by atoms with Gasteiger partial charge in [-0.25, -0.2) is 0 Å². The minimum atomic E-state index is 0.00554. The van der Waals surface area contributed by atoms with Gasteiger partial charge in [0.1, 0.15) is 12.1 Å². The Hall–Kier alpha value is -2.80. The number of thioether (sulfide) groups is 1. The maximum atomic E-state index is 12.4. The molecule has 0 radical (unpaired) electrons.